The van der Waals surface area contributed by atoms with Gasteiger partial charge in [-0.25, -0.2) is 0 Å². The van der Waals surface area contributed by atoms with Gasteiger partial charge < -0.3 is 5.73 Å². The molecule has 0 amide bonds. The van der Waals surface area contributed by atoms with Gasteiger partial charge in [-0.15, -0.1) is 0 Å². The minimum absolute atomic E-state index is 0.518. The van der Waals surface area contributed by atoms with Crippen LogP contribution in [0, 0.1) is 0 Å². The van der Waals surface area contributed by atoms with Crippen molar-refractivity contribution in [2.75, 3.05) is 0 Å². The Hall–Kier alpha value is -1.24. The molecule has 0 rings (SSSR count). The van der Waals surface area contributed by atoms with Crippen molar-refractivity contribution in [3.8, 4) is 0 Å². The maximum Gasteiger partial charge on any atom is 0.0314 e. The molecule has 0 saturated carbocycles. The predicted octanol–water partition coefficient (Wildman–Crippen LogP) is 1.76. The molecule has 0 bridgehead atoms. The molecule has 0 aromatic rings. The first-order valence-corrected chi connectivity index (χ1v) is 2.62. The van der Waals surface area contributed by atoms with Gasteiger partial charge in [0.05, 0.1) is 0 Å². The third-order valence-electron chi connectivity index (χ3n) is 0.888. The van der Waals surface area contributed by atoms with Gasteiger partial charge in [0.25, 0.3) is 0 Å². The lowest BCUT2D eigenvalue weighted by Crippen LogP contribution is -1.95. The second kappa shape index (κ2) is 3.72. The van der Waals surface area contributed by atoms with Crippen LogP contribution in [-0.4, -0.2) is 0 Å². The van der Waals surface area contributed by atoms with Gasteiger partial charge in [0.15, 0.2) is 0 Å². The van der Waals surface area contributed by atoms with E-state index in [0.29, 0.717) is 5.70 Å². The minimum Gasteiger partial charge on any atom is -0.399 e. The van der Waals surface area contributed by atoms with Crippen molar-refractivity contribution >= 4 is 0 Å². The van der Waals surface area contributed by atoms with Crippen LogP contribution in [0.1, 0.15) is 0 Å². The standard InChI is InChI=1S/C8H11N/c1-4-6-8(5-2)7(3)9/h4-6H,1-3,9H2/b8-6+. The van der Waals surface area contributed by atoms with E-state index in [1.54, 1.807) is 18.2 Å². The van der Waals surface area contributed by atoms with Gasteiger partial charge in [0.1, 0.15) is 0 Å². The Kier molecular flexibility index (Phi) is 3.21. The fourth-order valence-electron chi connectivity index (χ4n) is 0.433. The molecule has 0 saturated heterocycles. The van der Waals surface area contributed by atoms with Crippen LogP contribution >= 0.6 is 0 Å². The Labute approximate surface area is 55.9 Å². The third kappa shape index (κ3) is 2.54. The summed E-state index contributed by atoms with van der Waals surface area (Å²) in [6, 6.07) is 0. The highest BCUT2D eigenvalue weighted by Crippen LogP contribution is 2.01. The van der Waals surface area contributed by atoms with Crippen LogP contribution < -0.4 is 5.73 Å². The van der Waals surface area contributed by atoms with E-state index in [2.05, 4.69) is 19.7 Å². The summed E-state index contributed by atoms with van der Waals surface area (Å²) in [5.41, 5.74) is 6.69. The first-order valence-electron chi connectivity index (χ1n) is 2.62. The number of rotatable bonds is 3. The lowest BCUT2D eigenvalue weighted by atomic mass is 10.2. The minimum atomic E-state index is 0.518. The lowest BCUT2D eigenvalue weighted by molar-refractivity contribution is 1.38. The zero-order valence-electron chi connectivity index (χ0n) is 5.43. The molecular formula is C8H11N. The first kappa shape index (κ1) is 7.76. The number of hydrogen-bond acceptors (Lipinski definition) is 1. The van der Waals surface area contributed by atoms with Crippen LogP contribution in [0.4, 0.5) is 0 Å². The quantitative estimate of drug-likeness (QED) is 0.566. The van der Waals surface area contributed by atoms with E-state index in [4.69, 9.17) is 5.73 Å². The van der Waals surface area contributed by atoms with E-state index in [9.17, 15) is 0 Å². The summed E-state index contributed by atoms with van der Waals surface area (Å²) in [6.07, 6.45) is 5.05. The normalized spacial score (nSPS) is 10.4. The van der Waals surface area contributed by atoms with Gasteiger partial charge in [-0.3, -0.25) is 0 Å². The van der Waals surface area contributed by atoms with Gasteiger partial charge in [0.2, 0.25) is 0 Å². The molecule has 0 radical (unpaired) electrons. The Morgan fingerprint density at radius 3 is 2.00 bits per heavy atom. The second-order valence-electron chi connectivity index (χ2n) is 1.59. The van der Waals surface area contributed by atoms with Crippen LogP contribution in [0.2, 0.25) is 0 Å². The number of allylic oxidation sites excluding steroid dienone is 3. The summed E-state index contributed by atoms with van der Waals surface area (Å²) in [7, 11) is 0. The monoisotopic (exact) mass is 121 g/mol. The lowest BCUT2D eigenvalue weighted by Gasteiger charge is -1.95. The molecule has 0 aliphatic rings. The third-order valence-corrected chi connectivity index (χ3v) is 0.888. The average Bonchev–Trinajstić information content (AvgIpc) is 1.82. The molecular weight excluding hydrogens is 110 g/mol. The summed E-state index contributed by atoms with van der Waals surface area (Å²) < 4.78 is 0. The Morgan fingerprint density at radius 1 is 1.33 bits per heavy atom. The Balaban J connectivity index is 4.32. The van der Waals surface area contributed by atoms with E-state index >= 15 is 0 Å². The molecule has 0 aromatic heterocycles. The zero-order chi connectivity index (χ0) is 7.28. The number of hydrogen-bond donors (Lipinski definition) is 1. The van der Waals surface area contributed by atoms with Crippen molar-refractivity contribution in [1.29, 1.82) is 0 Å². The molecule has 0 aliphatic heterocycles. The van der Waals surface area contributed by atoms with Crippen molar-refractivity contribution < 1.29 is 0 Å². The Morgan fingerprint density at radius 2 is 1.89 bits per heavy atom. The molecule has 9 heavy (non-hydrogen) atoms. The van der Waals surface area contributed by atoms with E-state index in [1.165, 1.54) is 0 Å². The van der Waals surface area contributed by atoms with Gasteiger partial charge in [-0.1, -0.05) is 38.0 Å². The highest BCUT2D eigenvalue weighted by atomic mass is 14.6. The van der Waals surface area contributed by atoms with E-state index in [0.717, 1.165) is 5.57 Å². The van der Waals surface area contributed by atoms with E-state index in [1.807, 2.05) is 0 Å². The smallest absolute Gasteiger partial charge is 0.0314 e. The number of nitrogens with two attached hydrogens (primary N) is 1. The fourth-order valence-corrected chi connectivity index (χ4v) is 0.433. The molecule has 0 unspecified atom stereocenters. The molecule has 1 heteroatoms. The van der Waals surface area contributed by atoms with Gasteiger partial charge in [-0.05, 0) is 5.57 Å². The summed E-state index contributed by atoms with van der Waals surface area (Å²) in [6.45, 7) is 10.6. The van der Waals surface area contributed by atoms with Gasteiger partial charge in [-0.2, -0.15) is 0 Å². The van der Waals surface area contributed by atoms with Crippen LogP contribution in [-0.2, 0) is 0 Å². The van der Waals surface area contributed by atoms with Crippen LogP contribution in [0.5, 0.6) is 0 Å². The molecule has 0 spiro atoms. The maximum atomic E-state index is 5.35. The van der Waals surface area contributed by atoms with Crippen molar-refractivity contribution in [1.82, 2.24) is 0 Å². The highest BCUT2D eigenvalue weighted by molar-refractivity contribution is 5.36. The summed E-state index contributed by atoms with van der Waals surface area (Å²) in [4.78, 5) is 0. The fraction of sp³-hybridized carbons (Fsp3) is 0. The zero-order valence-corrected chi connectivity index (χ0v) is 5.43. The van der Waals surface area contributed by atoms with Crippen molar-refractivity contribution in [2.24, 2.45) is 5.73 Å². The van der Waals surface area contributed by atoms with Gasteiger partial charge >= 0.3 is 0 Å². The first-order chi connectivity index (χ1) is 4.22. The molecule has 0 heterocycles. The molecule has 0 atom stereocenters. The molecule has 2 N–H and O–H groups in total. The van der Waals surface area contributed by atoms with Crippen molar-refractivity contribution in [2.45, 2.75) is 0 Å². The second-order valence-corrected chi connectivity index (χ2v) is 1.59. The maximum absolute atomic E-state index is 5.35. The molecule has 0 aromatic carbocycles. The summed E-state index contributed by atoms with van der Waals surface area (Å²) >= 11 is 0. The molecule has 48 valence electrons. The SMILES string of the molecule is C=C/C=C(\C=C)C(=C)N. The average molecular weight is 121 g/mol. The summed E-state index contributed by atoms with van der Waals surface area (Å²) in [5.74, 6) is 0. The topological polar surface area (TPSA) is 26.0 Å². The molecule has 0 aliphatic carbocycles. The summed E-state index contributed by atoms with van der Waals surface area (Å²) in [5, 5.41) is 0. The van der Waals surface area contributed by atoms with E-state index < -0.39 is 0 Å². The van der Waals surface area contributed by atoms with Crippen LogP contribution in [0.3, 0.4) is 0 Å². The van der Waals surface area contributed by atoms with Crippen LogP contribution in [0.15, 0.2) is 49.2 Å². The molecule has 0 fully saturated rings. The largest absolute Gasteiger partial charge is 0.399 e. The molecule has 1 nitrogen and oxygen atoms in total. The van der Waals surface area contributed by atoms with E-state index in [-0.39, 0.29) is 0 Å². The predicted molar refractivity (Wildman–Crippen MR) is 41.8 cm³/mol. The van der Waals surface area contributed by atoms with Crippen molar-refractivity contribution in [3.63, 3.8) is 0 Å². The van der Waals surface area contributed by atoms with Crippen LogP contribution in [0.25, 0.3) is 0 Å². The highest BCUT2D eigenvalue weighted by Gasteiger charge is 1.86. The Bertz CT molecular complexity index is 163. The van der Waals surface area contributed by atoms with Gasteiger partial charge in [0, 0.05) is 5.70 Å². The van der Waals surface area contributed by atoms with Crippen molar-refractivity contribution in [3.05, 3.63) is 49.2 Å².